The van der Waals surface area contributed by atoms with Crippen molar-refractivity contribution in [2.24, 2.45) is 7.05 Å². The Morgan fingerprint density at radius 1 is 1.12 bits per heavy atom. The van der Waals surface area contributed by atoms with Crippen LogP contribution >= 0.6 is 0 Å². The van der Waals surface area contributed by atoms with Gasteiger partial charge in [0, 0.05) is 41.8 Å². The summed E-state index contributed by atoms with van der Waals surface area (Å²) < 4.78 is 6.57. The van der Waals surface area contributed by atoms with Gasteiger partial charge in [0.25, 0.3) is 5.91 Å². The second-order valence-corrected chi connectivity index (χ2v) is 6.01. The van der Waals surface area contributed by atoms with Crippen molar-refractivity contribution < 1.29 is 19.4 Å². The van der Waals surface area contributed by atoms with E-state index < -0.39 is 12.1 Å². The van der Waals surface area contributed by atoms with Crippen LogP contribution in [-0.4, -0.2) is 35.2 Å². The molecule has 26 heavy (non-hydrogen) atoms. The lowest BCUT2D eigenvalue weighted by Gasteiger charge is -2.11. The molecule has 0 bridgehead atoms. The molecule has 3 aromatic rings. The van der Waals surface area contributed by atoms with Crippen LogP contribution in [0.5, 0.6) is 0 Å². The smallest absolute Gasteiger partial charge is 0.337 e. The summed E-state index contributed by atoms with van der Waals surface area (Å²) in [5, 5.41) is 14.2. The van der Waals surface area contributed by atoms with E-state index in [1.807, 2.05) is 42.1 Å². The van der Waals surface area contributed by atoms with Gasteiger partial charge in [0.1, 0.15) is 0 Å². The lowest BCUT2D eigenvalue weighted by Crippen LogP contribution is -2.28. The van der Waals surface area contributed by atoms with Crippen molar-refractivity contribution in [2.45, 2.75) is 6.10 Å². The number of aliphatic hydroxyl groups excluding tert-OH is 1. The number of fused-ring (bicyclic) bond motifs is 1. The summed E-state index contributed by atoms with van der Waals surface area (Å²) in [6.45, 7) is 0.0889. The average Bonchev–Trinajstić information content (AvgIpc) is 3.02. The van der Waals surface area contributed by atoms with E-state index in [2.05, 4.69) is 10.1 Å². The highest BCUT2D eigenvalue weighted by Gasteiger charge is 2.16. The van der Waals surface area contributed by atoms with Crippen molar-refractivity contribution in [2.75, 3.05) is 13.7 Å². The molecule has 0 spiro atoms. The lowest BCUT2D eigenvalue weighted by molar-refractivity contribution is 0.0600. The SMILES string of the molecule is COC(=O)c1ccc(C(=O)NC[C@@H](O)c2cn(C)c3ccccc23)cc1. The number of esters is 1. The molecule has 0 aliphatic carbocycles. The normalized spacial score (nSPS) is 12.0. The fraction of sp³-hybridized carbons (Fsp3) is 0.200. The third-order valence-electron chi connectivity index (χ3n) is 4.31. The van der Waals surface area contributed by atoms with Gasteiger partial charge in [0.2, 0.25) is 0 Å². The molecule has 1 atom stereocenters. The van der Waals surface area contributed by atoms with E-state index in [-0.39, 0.29) is 12.5 Å². The average molecular weight is 352 g/mol. The number of nitrogens with zero attached hydrogens (tertiary/aromatic N) is 1. The Morgan fingerprint density at radius 3 is 2.46 bits per heavy atom. The molecule has 1 aromatic heterocycles. The fourth-order valence-electron chi connectivity index (χ4n) is 2.92. The van der Waals surface area contributed by atoms with Crippen molar-refractivity contribution in [3.05, 3.63) is 71.4 Å². The standard InChI is InChI=1S/C20H20N2O4/c1-22-12-16(15-5-3-4-6-17(15)22)18(23)11-21-19(24)13-7-9-14(10-8-13)20(25)26-2/h3-10,12,18,23H,11H2,1-2H3,(H,21,24)/t18-/m1/s1. The maximum Gasteiger partial charge on any atom is 0.337 e. The lowest BCUT2D eigenvalue weighted by atomic mass is 10.1. The minimum Gasteiger partial charge on any atom is -0.465 e. The first-order chi connectivity index (χ1) is 12.5. The van der Waals surface area contributed by atoms with Crippen LogP contribution in [0.15, 0.2) is 54.7 Å². The van der Waals surface area contributed by atoms with Crippen LogP contribution in [-0.2, 0) is 11.8 Å². The highest BCUT2D eigenvalue weighted by Crippen LogP contribution is 2.25. The molecule has 0 aliphatic rings. The summed E-state index contributed by atoms with van der Waals surface area (Å²) in [4.78, 5) is 23.7. The molecule has 0 saturated carbocycles. The number of carbonyl (C=O) groups excluding carboxylic acids is 2. The largest absolute Gasteiger partial charge is 0.465 e. The van der Waals surface area contributed by atoms with Crippen molar-refractivity contribution >= 4 is 22.8 Å². The number of aliphatic hydroxyl groups is 1. The number of carbonyl (C=O) groups is 2. The summed E-state index contributed by atoms with van der Waals surface area (Å²) in [5.74, 6) is -0.774. The zero-order valence-electron chi connectivity index (χ0n) is 14.6. The predicted octanol–water partition coefficient (Wildman–Crippen LogP) is 2.43. The molecule has 2 N–H and O–H groups in total. The molecule has 2 aromatic carbocycles. The van der Waals surface area contributed by atoms with E-state index in [1.165, 1.54) is 19.2 Å². The van der Waals surface area contributed by atoms with Gasteiger partial charge < -0.3 is 19.7 Å². The number of amides is 1. The molecular formula is C20H20N2O4. The zero-order valence-corrected chi connectivity index (χ0v) is 14.6. The van der Waals surface area contributed by atoms with Gasteiger partial charge in [-0.2, -0.15) is 0 Å². The monoisotopic (exact) mass is 352 g/mol. The van der Waals surface area contributed by atoms with Crippen LogP contribution in [0.2, 0.25) is 0 Å². The molecule has 3 rings (SSSR count). The van der Waals surface area contributed by atoms with E-state index in [4.69, 9.17) is 0 Å². The first kappa shape index (κ1) is 17.7. The number of benzene rings is 2. The first-order valence-electron chi connectivity index (χ1n) is 8.20. The van der Waals surface area contributed by atoms with Crippen molar-refractivity contribution in [1.29, 1.82) is 0 Å². The topological polar surface area (TPSA) is 80.6 Å². The van der Waals surface area contributed by atoms with Crippen molar-refractivity contribution in [3.8, 4) is 0 Å². The number of methoxy groups -OCH3 is 1. The molecule has 0 saturated heterocycles. The van der Waals surface area contributed by atoms with Crippen molar-refractivity contribution in [3.63, 3.8) is 0 Å². The van der Waals surface area contributed by atoms with E-state index in [9.17, 15) is 14.7 Å². The van der Waals surface area contributed by atoms with E-state index in [0.717, 1.165) is 16.5 Å². The van der Waals surface area contributed by atoms with Crippen molar-refractivity contribution in [1.82, 2.24) is 9.88 Å². The molecule has 6 nitrogen and oxygen atoms in total. The maximum atomic E-state index is 12.3. The van der Waals surface area contributed by atoms with Crippen LogP contribution in [0.3, 0.4) is 0 Å². The predicted molar refractivity (Wildman–Crippen MR) is 98.0 cm³/mol. The van der Waals surface area contributed by atoms with Gasteiger partial charge in [-0.15, -0.1) is 0 Å². The summed E-state index contributed by atoms with van der Waals surface area (Å²) in [5.41, 5.74) is 2.57. The third-order valence-corrected chi connectivity index (χ3v) is 4.31. The third kappa shape index (κ3) is 3.45. The second-order valence-electron chi connectivity index (χ2n) is 6.01. The van der Waals surface area contributed by atoms with Crippen LogP contribution in [0, 0.1) is 0 Å². The molecule has 0 unspecified atom stereocenters. The van der Waals surface area contributed by atoms with E-state index in [0.29, 0.717) is 11.1 Å². The highest BCUT2D eigenvalue weighted by atomic mass is 16.5. The Morgan fingerprint density at radius 2 is 1.77 bits per heavy atom. The first-order valence-corrected chi connectivity index (χ1v) is 8.20. The minimum atomic E-state index is -0.820. The Kier molecular flexibility index (Phi) is 5.04. The Bertz CT molecular complexity index is 944. The molecule has 0 radical (unpaired) electrons. The maximum absolute atomic E-state index is 12.3. The number of nitrogens with one attached hydrogen (secondary N) is 1. The Hall–Kier alpha value is -3.12. The number of para-hydroxylation sites is 1. The fourth-order valence-corrected chi connectivity index (χ4v) is 2.92. The number of aromatic nitrogens is 1. The zero-order chi connectivity index (χ0) is 18.7. The van der Waals surface area contributed by atoms with Gasteiger partial charge in [0.15, 0.2) is 0 Å². The van der Waals surface area contributed by atoms with Gasteiger partial charge in [-0.25, -0.2) is 4.79 Å². The summed E-state index contributed by atoms with van der Waals surface area (Å²) in [7, 11) is 3.22. The molecule has 1 amide bonds. The van der Waals surface area contributed by atoms with Gasteiger partial charge in [-0.05, 0) is 30.3 Å². The van der Waals surface area contributed by atoms with Crippen LogP contribution in [0.4, 0.5) is 0 Å². The molecule has 0 aliphatic heterocycles. The van der Waals surface area contributed by atoms with Gasteiger partial charge in [0.05, 0.1) is 18.8 Å². The molecule has 134 valence electrons. The Labute approximate surface area is 151 Å². The molecule has 0 fully saturated rings. The minimum absolute atomic E-state index is 0.0889. The summed E-state index contributed by atoms with van der Waals surface area (Å²) in [6.07, 6.45) is 1.05. The molecule has 6 heteroatoms. The van der Waals surface area contributed by atoms with Crippen LogP contribution in [0.1, 0.15) is 32.4 Å². The van der Waals surface area contributed by atoms with Crippen LogP contribution < -0.4 is 5.32 Å². The Balaban J connectivity index is 1.68. The summed E-state index contributed by atoms with van der Waals surface area (Å²) in [6, 6.07) is 13.9. The molecular weight excluding hydrogens is 332 g/mol. The van der Waals surface area contributed by atoms with Crippen LogP contribution in [0.25, 0.3) is 10.9 Å². The number of ether oxygens (including phenoxy) is 1. The number of hydrogen-bond donors (Lipinski definition) is 2. The number of rotatable bonds is 5. The van der Waals surface area contributed by atoms with Gasteiger partial charge >= 0.3 is 5.97 Å². The number of aryl methyl sites for hydroxylation is 1. The second kappa shape index (κ2) is 7.41. The van der Waals surface area contributed by atoms with Gasteiger partial charge in [-0.3, -0.25) is 4.79 Å². The van der Waals surface area contributed by atoms with E-state index >= 15 is 0 Å². The highest BCUT2D eigenvalue weighted by molar-refractivity contribution is 5.96. The number of hydrogen-bond acceptors (Lipinski definition) is 4. The molecule has 1 heterocycles. The van der Waals surface area contributed by atoms with E-state index in [1.54, 1.807) is 12.1 Å². The van der Waals surface area contributed by atoms with Gasteiger partial charge in [-0.1, -0.05) is 18.2 Å². The quantitative estimate of drug-likeness (QED) is 0.691. The summed E-state index contributed by atoms with van der Waals surface area (Å²) >= 11 is 0.